The number of carbonyl (C=O) groups excluding carboxylic acids is 1. The van der Waals surface area contributed by atoms with Gasteiger partial charge in [-0.3, -0.25) is 4.79 Å². The van der Waals surface area contributed by atoms with Crippen LogP contribution in [0, 0.1) is 0 Å². The van der Waals surface area contributed by atoms with Gasteiger partial charge in [-0.15, -0.1) is 0 Å². The molecule has 2 rings (SSSR count). The van der Waals surface area contributed by atoms with E-state index >= 15 is 0 Å². The van der Waals surface area contributed by atoms with Crippen LogP contribution in [0.3, 0.4) is 0 Å². The topological polar surface area (TPSA) is 84.5 Å². The lowest BCUT2D eigenvalue weighted by Crippen LogP contribution is -2.57. The molecule has 1 aromatic carbocycles. The van der Waals surface area contributed by atoms with E-state index in [0.29, 0.717) is 36.7 Å². The van der Waals surface area contributed by atoms with Gasteiger partial charge in [0.25, 0.3) is 5.91 Å². The van der Waals surface area contributed by atoms with Crippen LogP contribution in [0.4, 0.5) is 0 Å². The average Bonchev–Trinajstić information content (AvgIpc) is 2.49. The molecule has 0 radical (unpaired) electrons. The third-order valence-electron chi connectivity index (χ3n) is 3.71. The molecule has 0 aromatic heterocycles. The highest BCUT2D eigenvalue weighted by Crippen LogP contribution is 2.27. The van der Waals surface area contributed by atoms with E-state index in [2.05, 4.69) is 10.6 Å². The van der Waals surface area contributed by atoms with Gasteiger partial charge in [0, 0.05) is 30.7 Å². The lowest BCUT2D eigenvalue weighted by molar-refractivity contribution is -0.139. The summed E-state index contributed by atoms with van der Waals surface area (Å²) in [6, 6.07) is 6.84. The molecule has 128 valence electrons. The number of nitrogens with one attached hydrogen (secondary N) is 2. The van der Waals surface area contributed by atoms with Crippen molar-refractivity contribution in [2.75, 3.05) is 31.6 Å². The van der Waals surface area contributed by atoms with E-state index in [4.69, 9.17) is 16.3 Å². The van der Waals surface area contributed by atoms with Gasteiger partial charge in [-0.05, 0) is 37.4 Å². The fraction of sp³-hybridized carbons (Fsp3) is 0.533. The number of amides is 1. The molecule has 0 bridgehead atoms. The minimum atomic E-state index is -3.12. The molecule has 8 heteroatoms. The van der Waals surface area contributed by atoms with Crippen molar-refractivity contribution in [2.24, 2.45) is 0 Å². The molecule has 1 aromatic rings. The fourth-order valence-electron chi connectivity index (χ4n) is 2.45. The third kappa shape index (κ3) is 5.37. The maximum atomic E-state index is 12.6. The Morgan fingerprint density at radius 2 is 1.91 bits per heavy atom. The number of ether oxygens (including phenoxy) is 1. The van der Waals surface area contributed by atoms with Crippen molar-refractivity contribution in [2.45, 2.75) is 18.4 Å². The summed E-state index contributed by atoms with van der Waals surface area (Å²) < 4.78 is 28.4. The van der Waals surface area contributed by atoms with E-state index in [1.165, 1.54) is 0 Å². The molecule has 0 aliphatic carbocycles. The Balaban J connectivity index is 2.08. The largest absolute Gasteiger partial charge is 0.477 e. The summed E-state index contributed by atoms with van der Waals surface area (Å²) in [5.41, 5.74) is -0.990. The second kappa shape index (κ2) is 7.51. The van der Waals surface area contributed by atoms with Crippen LogP contribution < -0.4 is 15.4 Å². The molecule has 1 aliphatic rings. The van der Waals surface area contributed by atoms with E-state index in [1.807, 2.05) is 0 Å². The number of hydrogen-bond acceptors (Lipinski definition) is 5. The molecule has 0 atom stereocenters. The summed E-state index contributed by atoms with van der Waals surface area (Å²) in [6.45, 7) is 1.40. The number of benzene rings is 1. The minimum Gasteiger partial charge on any atom is -0.477 e. The van der Waals surface area contributed by atoms with Crippen molar-refractivity contribution in [3.05, 3.63) is 29.3 Å². The van der Waals surface area contributed by atoms with E-state index < -0.39 is 15.4 Å². The molecule has 6 nitrogen and oxygen atoms in total. The molecular formula is C15H21ClN2O4S. The average molecular weight is 361 g/mol. The van der Waals surface area contributed by atoms with Gasteiger partial charge in [0.05, 0.1) is 5.75 Å². The van der Waals surface area contributed by atoms with Gasteiger partial charge in [0.15, 0.2) is 5.60 Å². The van der Waals surface area contributed by atoms with Crippen LogP contribution in [-0.2, 0) is 14.6 Å². The zero-order valence-corrected chi connectivity index (χ0v) is 14.5. The van der Waals surface area contributed by atoms with Crippen LogP contribution in [-0.4, -0.2) is 51.6 Å². The van der Waals surface area contributed by atoms with Crippen molar-refractivity contribution < 1.29 is 17.9 Å². The quantitative estimate of drug-likeness (QED) is 0.790. The molecule has 0 spiro atoms. The van der Waals surface area contributed by atoms with Gasteiger partial charge in [0.1, 0.15) is 15.6 Å². The summed E-state index contributed by atoms with van der Waals surface area (Å²) in [7, 11) is -3.12. The normalized spacial score (nSPS) is 17.5. The highest BCUT2D eigenvalue weighted by molar-refractivity contribution is 7.90. The molecule has 0 unspecified atom stereocenters. The van der Waals surface area contributed by atoms with Crippen LogP contribution in [0.25, 0.3) is 0 Å². The van der Waals surface area contributed by atoms with Crippen LogP contribution in [0.5, 0.6) is 5.75 Å². The van der Waals surface area contributed by atoms with Crippen LogP contribution in [0.1, 0.15) is 12.8 Å². The molecule has 1 aliphatic heterocycles. The maximum Gasteiger partial charge on any atom is 0.264 e. The SMILES string of the molecule is CS(=O)(=O)CCNC(=O)C1(Oc2ccc(Cl)cc2)CCNCC1. The molecule has 1 fully saturated rings. The van der Waals surface area contributed by atoms with E-state index in [1.54, 1.807) is 24.3 Å². The number of carbonyl (C=O) groups is 1. The number of halogens is 1. The molecule has 23 heavy (non-hydrogen) atoms. The Morgan fingerprint density at radius 3 is 2.48 bits per heavy atom. The van der Waals surface area contributed by atoms with Gasteiger partial charge in [-0.25, -0.2) is 8.42 Å². The predicted octanol–water partition coefficient (Wildman–Crippen LogP) is 1.00. The lowest BCUT2D eigenvalue weighted by Gasteiger charge is -2.36. The summed E-state index contributed by atoms with van der Waals surface area (Å²) in [4.78, 5) is 12.6. The Kier molecular flexibility index (Phi) is 5.89. The van der Waals surface area contributed by atoms with Crippen molar-refractivity contribution in [1.29, 1.82) is 0 Å². The van der Waals surface area contributed by atoms with Gasteiger partial charge >= 0.3 is 0 Å². The second-order valence-electron chi connectivity index (χ2n) is 5.69. The first-order valence-electron chi connectivity index (χ1n) is 7.42. The van der Waals surface area contributed by atoms with E-state index in [0.717, 1.165) is 6.26 Å². The summed E-state index contributed by atoms with van der Waals surface area (Å²) in [5.74, 6) is 0.195. The summed E-state index contributed by atoms with van der Waals surface area (Å²) in [5, 5.41) is 6.47. The van der Waals surface area contributed by atoms with Crippen molar-refractivity contribution in [3.8, 4) is 5.75 Å². The standard InChI is InChI=1S/C15H21ClN2O4S/c1-23(20,21)11-10-18-14(19)15(6-8-17-9-7-15)22-13-4-2-12(16)3-5-13/h2-5,17H,6-11H2,1H3,(H,18,19). The highest BCUT2D eigenvalue weighted by Gasteiger charge is 2.41. The van der Waals surface area contributed by atoms with Crippen molar-refractivity contribution >= 4 is 27.3 Å². The molecule has 1 heterocycles. The predicted molar refractivity (Wildman–Crippen MR) is 89.6 cm³/mol. The van der Waals surface area contributed by atoms with Crippen LogP contribution >= 0.6 is 11.6 Å². The van der Waals surface area contributed by atoms with Crippen LogP contribution in [0.15, 0.2) is 24.3 Å². The molecule has 2 N–H and O–H groups in total. The zero-order chi connectivity index (χ0) is 16.9. The molecule has 1 saturated heterocycles. The Labute approximate surface area is 141 Å². The number of rotatable bonds is 6. The summed E-state index contributed by atoms with van der Waals surface area (Å²) in [6.07, 6.45) is 2.17. The molecule has 0 saturated carbocycles. The lowest BCUT2D eigenvalue weighted by atomic mass is 9.91. The molecule has 1 amide bonds. The first-order chi connectivity index (χ1) is 10.8. The van der Waals surface area contributed by atoms with Gasteiger partial charge in [0.2, 0.25) is 0 Å². The summed E-state index contributed by atoms with van der Waals surface area (Å²) >= 11 is 5.86. The van der Waals surface area contributed by atoms with Gasteiger partial charge in [-0.2, -0.15) is 0 Å². The number of hydrogen-bond donors (Lipinski definition) is 2. The van der Waals surface area contributed by atoms with Crippen LogP contribution in [0.2, 0.25) is 5.02 Å². The van der Waals surface area contributed by atoms with Crippen molar-refractivity contribution in [3.63, 3.8) is 0 Å². The first kappa shape index (κ1) is 18.0. The van der Waals surface area contributed by atoms with Crippen molar-refractivity contribution in [1.82, 2.24) is 10.6 Å². The minimum absolute atomic E-state index is 0.0802. The van der Waals surface area contributed by atoms with E-state index in [-0.39, 0.29) is 18.2 Å². The second-order valence-corrected chi connectivity index (χ2v) is 8.38. The monoisotopic (exact) mass is 360 g/mol. The van der Waals surface area contributed by atoms with Gasteiger partial charge in [-0.1, -0.05) is 11.6 Å². The third-order valence-corrected chi connectivity index (χ3v) is 4.91. The highest BCUT2D eigenvalue weighted by atomic mass is 35.5. The Hall–Kier alpha value is -1.31. The first-order valence-corrected chi connectivity index (χ1v) is 9.86. The Morgan fingerprint density at radius 1 is 1.30 bits per heavy atom. The number of piperidine rings is 1. The zero-order valence-electron chi connectivity index (χ0n) is 13.0. The Bertz CT molecular complexity index is 640. The fourth-order valence-corrected chi connectivity index (χ4v) is 3.04. The number of sulfone groups is 1. The van der Waals surface area contributed by atoms with E-state index in [9.17, 15) is 13.2 Å². The molecular weight excluding hydrogens is 340 g/mol. The smallest absolute Gasteiger partial charge is 0.264 e. The van der Waals surface area contributed by atoms with Gasteiger partial charge < -0.3 is 15.4 Å². The maximum absolute atomic E-state index is 12.6.